The van der Waals surface area contributed by atoms with Gasteiger partial charge in [0, 0.05) is 11.8 Å². The summed E-state index contributed by atoms with van der Waals surface area (Å²) in [6.45, 7) is 0. The van der Waals surface area contributed by atoms with Crippen LogP contribution in [0.2, 0.25) is 0 Å². The molecule has 3 aromatic rings. The summed E-state index contributed by atoms with van der Waals surface area (Å²) in [5.74, 6) is 1.23. The van der Waals surface area contributed by atoms with Gasteiger partial charge in [-0.25, -0.2) is 0 Å². The van der Waals surface area contributed by atoms with Gasteiger partial charge in [0.2, 0.25) is 0 Å². The van der Waals surface area contributed by atoms with Crippen molar-refractivity contribution in [2.75, 3.05) is 26.6 Å². The van der Waals surface area contributed by atoms with Gasteiger partial charge in [-0.1, -0.05) is 0 Å². The number of carbonyl (C=O) groups is 1. The van der Waals surface area contributed by atoms with E-state index >= 15 is 0 Å². The van der Waals surface area contributed by atoms with E-state index in [1.807, 2.05) is 0 Å². The van der Waals surface area contributed by atoms with Gasteiger partial charge in [-0.15, -0.1) is 5.10 Å². The molecule has 0 fully saturated rings. The number of nitrogens with one attached hydrogen (secondary N) is 1. The number of carbonyl (C=O) groups excluding carboxylic acids is 1. The topological polar surface area (TPSA) is 100 Å². The number of anilines is 1. The Morgan fingerprint density at radius 2 is 1.69 bits per heavy atom. The van der Waals surface area contributed by atoms with Gasteiger partial charge in [-0.05, 0) is 40.8 Å². The van der Waals surface area contributed by atoms with Crippen LogP contribution in [0.3, 0.4) is 0 Å². The number of ether oxygens (including phenoxy) is 3. The highest BCUT2D eigenvalue weighted by molar-refractivity contribution is 6.07. The van der Waals surface area contributed by atoms with E-state index in [-0.39, 0.29) is 5.91 Å². The van der Waals surface area contributed by atoms with Gasteiger partial charge in [0.15, 0.2) is 11.5 Å². The third-order valence-corrected chi connectivity index (χ3v) is 3.69. The minimum atomic E-state index is -0.346. The summed E-state index contributed by atoms with van der Waals surface area (Å²) in [6, 6.07) is 10.2. The quantitative estimate of drug-likeness (QED) is 0.721. The van der Waals surface area contributed by atoms with Crippen molar-refractivity contribution >= 4 is 11.6 Å². The van der Waals surface area contributed by atoms with Gasteiger partial charge < -0.3 is 19.5 Å². The maximum Gasteiger partial charge on any atom is 0.258 e. The van der Waals surface area contributed by atoms with E-state index in [0.29, 0.717) is 34.2 Å². The Morgan fingerprint density at radius 3 is 2.27 bits per heavy atom. The maximum absolute atomic E-state index is 12.8. The highest BCUT2D eigenvalue weighted by Gasteiger charge is 2.19. The second kappa shape index (κ2) is 7.51. The average molecular weight is 355 g/mol. The van der Waals surface area contributed by atoms with Crippen molar-refractivity contribution in [3.05, 3.63) is 48.3 Å². The summed E-state index contributed by atoms with van der Waals surface area (Å²) in [4.78, 5) is 12.8. The van der Waals surface area contributed by atoms with Crippen LogP contribution in [0.5, 0.6) is 17.2 Å². The largest absolute Gasteiger partial charge is 0.497 e. The first-order valence-corrected chi connectivity index (χ1v) is 7.61. The number of hydrogen-bond acceptors (Lipinski definition) is 7. The molecule has 9 heteroatoms. The predicted octanol–water partition coefficient (Wildman–Crippen LogP) is 1.94. The van der Waals surface area contributed by atoms with Crippen molar-refractivity contribution in [3.8, 4) is 22.9 Å². The molecule has 0 spiro atoms. The maximum atomic E-state index is 12.8. The van der Waals surface area contributed by atoms with E-state index < -0.39 is 0 Å². The summed E-state index contributed by atoms with van der Waals surface area (Å²) in [5, 5.41) is 13.9. The minimum Gasteiger partial charge on any atom is -0.497 e. The molecule has 0 saturated heterocycles. The monoisotopic (exact) mass is 355 g/mol. The number of benzene rings is 2. The van der Waals surface area contributed by atoms with Gasteiger partial charge in [0.1, 0.15) is 12.1 Å². The number of methoxy groups -OCH3 is 3. The van der Waals surface area contributed by atoms with Crippen LogP contribution in [0, 0.1) is 0 Å². The second-order valence-electron chi connectivity index (χ2n) is 5.16. The average Bonchev–Trinajstić information content (AvgIpc) is 3.22. The first kappa shape index (κ1) is 17.2. The van der Waals surface area contributed by atoms with Crippen LogP contribution in [0.1, 0.15) is 10.4 Å². The first-order chi connectivity index (χ1) is 12.7. The third-order valence-electron chi connectivity index (χ3n) is 3.69. The molecule has 2 aromatic carbocycles. The van der Waals surface area contributed by atoms with E-state index in [4.69, 9.17) is 14.2 Å². The number of rotatable bonds is 6. The molecule has 0 bridgehead atoms. The smallest absolute Gasteiger partial charge is 0.258 e. The number of tetrazole rings is 1. The lowest BCUT2D eigenvalue weighted by molar-refractivity contribution is 0.102. The van der Waals surface area contributed by atoms with Gasteiger partial charge in [-0.3, -0.25) is 4.79 Å². The summed E-state index contributed by atoms with van der Waals surface area (Å²) in [7, 11) is 4.59. The fourth-order valence-corrected chi connectivity index (χ4v) is 2.38. The number of amides is 1. The number of nitrogens with zero attached hydrogens (tertiary/aromatic N) is 4. The Morgan fingerprint density at radius 1 is 1.00 bits per heavy atom. The predicted molar refractivity (Wildman–Crippen MR) is 93.2 cm³/mol. The van der Waals surface area contributed by atoms with Crippen LogP contribution in [0.4, 0.5) is 5.69 Å². The zero-order valence-corrected chi connectivity index (χ0v) is 14.5. The highest BCUT2D eigenvalue weighted by atomic mass is 16.5. The molecule has 9 nitrogen and oxygen atoms in total. The van der Waals surface area contributed by atoms with Crippen molar-refractivity contribution in [2.24, 2.45) is 0 Å². The van der Waals surface area contributed by atoms with Gasteiger partial charge in [-0.2, -0.15) is 4.68 Å². The molecule has 0 aliphatic heterocycles. The van der Waals surface area contributed by atoms with Crippen LogP contribution >= 0.6 is 0 Å². The SMILES string of the molecule is COc1ccc(NC(=O)c2cc(OC)c(OC)cc2-n2cnnn2)cc1. The van der Waals surface area contributed by atoms with Gasteiger partial charge in [0.25, 0.3) is 5.91 Å². The standard InChI is InChI=1S/C17H17N5O4/c1-24-12-6-4-11(5-7-12)19-17(23)13-8-15(25-2)16(26-3)9-14(13)22-10-18-20-21-22/h4-10H,1-3H3,(H,19,23). The van der Waals surface area contributed by atoms with Crippen LogP contribution in [0.15, 0.2) is 42.7 Å². The molecule has 134 valence electrons. The molecule has 0 aliphatic carbocycles. The highest BCUT2D eigenvalue weighted by Crippen LogP contribution is 2.32. The van der Waals surface area contributed by atoms with Gasteiger partial charge >= 0.3 is 0 Å². The Labute approximate surface area is 149 Å². The zero-order chi connectivity index (χ0) is 18.5. The van der Waals surface area contributed by atoms with Crippen LogP contribution in [0.25, 0.3) is 5.69 Å². The fraction of sp³-hybridized carbons (Fsp3) is 0.176. The van der Waals surface area contributed by atoms with Crippen molar-refractivity contribution in [1.82, 2.24) is 20.2 Å². The van der Waals surface area contributed by atoms with Crippen molar-refractivity contribution in [2.45, 2.75) is 0 Å². The first-order valence-electron chi connectivity index (χ1n) is 7.61. The third kappa shape index (κ3) is 3.41. The molecule has 0 radical (unpaired) electrons. The minimum absolute atomic E-state index is 0.325. The van der Waals surface area contributed by atoms with E-state index in [1.54, 1.807) is 43.5 Å². The zero-order valence-electron chi connectivity index (χ0n) is 14.5. The lowest BCUT2D eigenvalue weighted by Gasteiger charge is -2.14. The normalized spacial score (nSPS) is 10.3. The second-order valence-corrected chi connectivity index (χ2v) is 5.16. The van der Waals surface area contributed by atoms with E-state index in [0.717, 1.165) is 0 Å². The molecular weight excluding hydrogens is 338 g/mol. The Hall–Kier alpha value is -3.62. The molecule has 0 unspecified atom stereocenters. The lowest BCUT2D eigenvalue weighted by Crippen LogP contribution is -2.16. The molecule has 1 N–H and O–H groups in total. The van der Waals surface area contributed by atoms with Crippen LogP contribution in [-0.4, -0.2) is 47.4 Å². The number of aromatic nitrogens is 4. The fourth-order valence-electron chi connectivity index (χ4n) is 2.38. The molecule has 1 aromatic heterocycles. The summed E-state index contributed by atoms with van der Waals surface area (Å²) >= 11 is 0. The molecule has 3 rings (SSSR count). The molecular formula is C17H17N5O4. The van der Waals surface area contributed by atoms with Crippen LogP contribution in [-0.2, 0) is 0 Å². The van der Waals surface area contributed by atoms with Crippen molar-refractivity contribution in [3.63, 3.8) is 0 Å². The number of hydrogen-bond donors (Lipinski definition) is 1. The Balaban J connectivity index is 1.99. The molecule has 0 aliphatic rings. The molecule has 0 saturated carbocycles. The summed E-state index contributed by atoms with van der Waals surface area (Å²) in [6.07, 6.45) is 1.39. The van der Waals surface area contributed by atoms with E-state index in [9.17, 15) is 4.79 Å². The van der Waals surface area contributed by atoms with Crippen LogP contribution < -0.4 is 19.5 Å². The van der Waals surface area contributed by atoms with Crippen molar-refractivity contribution < 1.29 is 19.0 Å². The lowest BCUT2D eigenvalue weighted by atomic mass is 10.1. The van der Waals surface area contributed by atoms with Crippen molar-refractivity contribution in [1.29, 1.82) is 0 Å². The summed E-state index contributed by atoms with van der Waals surface area (Å²) in [5.41, 5.74) is 1.40. The molecule has 1 amide bonds. The molecule has 1 heterocycles. The van der Waals surface area contributed by atoms with E-state index in [1.165, 1.54) is 25.2 Å². The molecule has 26 heavy (non-hydrogen) atoms. The van der Waals surface area contributed by atoms with E-state index in [2.05, 4.69) is 20.8 Å². The van der Waals surface area contributed by atoms with Gasteiger partial charge in [0.05, 0.1) is 32.6 Å². The Bertz CT molecular complexity index is 894. The Kier molecular flexibility index (Phi) is 4.97. The molecule has 0 atom stereocenters. The summed E-state index contributed by atoms with van der Waals surface area (Å²) < 4.78 is 17.1.